The molecule has 10 heteroatoms. The Hall–Kier alpha value is -0.100. The van der Waals surface area contributed by atoms with Crippen LogP contribution in [0.1, 0.15) is 5.56 Å². The molecule has 120 valence electrons. The first-order valence-electron chi connectivity index (χ1n) is 5.82. The molecule has 1 aliphatic rings. The Bertz CT molecular complexity index is 603. The predicted octanol–water partition coefficient (Wildman–Crippen LogP) is 4.51. The van der Waals surface area contributed by atoms with Gasteiger partial charge < -0.3 is 10.1 Å². The van der Waals surface area contributed by atoms with Gasteiger partial charge in [0, 0.05) is 5.56 Å². The van der Waals surface area contributed by atoms with E-state index in [1.807, 2.05) is 0 Å². The Kier molecular flexibility index (Phi) is 5.63. The third-order valence-corrected chi connectivity index (χ3v) is 3.79. The highest BCUT2D eigenvalue weighted by molar-refractivity contribution is 6.77. The van der Waals surface area contributed by atoms with E-state index in [-0.39, 0.29) is 5.84 Å². The van der Waals surface area contributed by atoms with Crippen molar-refractivity contribution in [1.82, 2.24) is 5.32 Å². The van der Waals surface area contributed by atoms with Gasteiger partial charge in [-0.05, 0) is 24.3 Å². The van der Waals surface area contributed by atoms with Gasteiger partial charge in [-0.3, -0.25) is 0 Å². The average molecular weight is 424 g/mol. The largest absolute Gasteiger partial charge is 0.497 e. The van der Waals surface area contributed by atoms with Crippen LogP contribution < -0.4 is 10.1 Å². The molecule has 1 aliphatic heterocycles. The topological polar surface area (TPSA) is 46.0 Å². The second-order valence-electron chi connectivity index (χ2n) is 4.22. The fourth-order valence-electron chi connectivity index (χ4n) is 1.64. The highest BCUT2D eigenvalue weighted by Crippen LogP contribution is 2.37. The number of hydrogen-bond acceptors (Lipinski definition) is 4. The molecule has 0 amide bonds. The highest BCUT2D eigenvalue weighted by Gasteiger charge is 2.39. The van der Waals surface area contributed by atoms with Gasteiger partial charge in [-0.2, -0.15) is 0 Å². The molecule has 1 aromatic carbocycles. The van der Waals surface area contributed by atoms with E-state index in [1.165, 1.54) is 0 Å². The number of rotatable bonds is 2. The lowest BCUT2D eigenvalue weighted by Crippen LogP contribution is -2.46. The van der Waals surface area contributed by atoms with Crippen molar-refractivity contribution in [2.45, 2.75) is 13.8 Å². The molecule has 0 fully saturated rings. The maximum Gasteiger partial charge on any atom is 0.247 e. The lowest BCUT2D eigenvalue weighted by molar-refractivity contribution is 0.415. The van der Waals surface area contributed by atoms with Crippen LogP contribution in [-0.4, -0.2) is 32.5 Å². The van der Waals surface area contributed by atoms with Gasteiger partial charge in [0.2, 0.25) is 7.59 Å². The molecular formula is C12H9Cl6N3O. The van der Waals surface area contributed by atoms with Crippen molar-refractivity contribution >= 4 is 81.3 Å². The van der Waals surface area contributed by atoms with Crippen LogP contribution >= 0.6 is 69.6 Å². The van der Waals surface area contributed by atoms with Gasteiger partial charge in [0.25, 0.3) is 0 Å². The summed E-state index contributed by atoms with van der Waals surface area (Å²) in [5, 5.41) is 2.84. The summed E-state index contributed by atoms with van der Waals surface area (Å²) in [4.78, 5) is 8.28. The van der Waals surface area contributed by atoms with Crippen LogP contribution in [0.5, 0.6) is 5.75 Å². The average Bonchev–Trinajstić information content (AvgIpc) is 2.45. The molecule has 22 heavy (non-hydrogen) atoms. The Morgan fingerprint density at radius 2 is 1.59 bits per heavy atom. The zero-order chi connectivity index (χ0) is 16.5. The molecular weight excluding hydrogens is 415 g/mol. The Balaban J connectivity index is 2.40. The number of hydrogen-bond donors (Lipinski definition) is 1. The molecule has 0 bridgehead atoms. The monoisotopic (exact) mass is 421 g/mol. The van der Waals surface area contributed by atoms with E-state index in [0.717, 1.165) is 0 Å². The van der Waals surface area contributed by atoms with Gasteiger partial charge in [-0.1, -0.05) is 69.6 Å². The van der Waals surface area contributed by atoms with E-state index in [2.05, 4.69) is 15.3 Å². The number of ether oxygens (including phenoxy) is 1. The van der Waals surface area contributed by atoms with Gasteiger partial charge in [0.15, 0.2) is 12.0 Å². The second kappa shape index (κ2) is 6.80. The van der Waals surface area contributed by atoms with E-state index in [0.29, 0.717) is 17.1 Å². The molecule has 1 N–H and O–H groups in total. The normalized spacial score (nSPS) is 19.1. The zero-order valence-corrected chi connectivity index (χ0v) is 15.5. The van der Waals surface area contributed by atoms with E-state index in [4.69, 9.17) is 74.3 Å². The number of aliphatic imine (C=N–C) groups is 2. The molecule has 0 spiro atoms. The van der Waals surface area contributed by atoms with E-state index >= 15 is 0 Å². The number of amidine groups is 2. The number of halogens is 6. The van der Waals surface area contributed by atoms with Gasteiger partial charge in [0.1, 0.15) is 11.6 Å². The molecule has 1 heterocycles. The van der Waals surface area contributed by atoms with Gasteiger partial charge >= 0.3 is 0 Å². The SMILES string of the molecule is COc1ccc(C2=NC(C(Cl)(Cl)Cl)N=C(C(Cl)(Cl)Cl)N2)cc1. The summed E-state index contributed by atoms with van der Waals surface area (Å²) in [6.07, 6.45) is -1.04. The summed E-state index contributed by atoms with van der Waals surface area (Å²) < 4.78 is 1.52. The summed E-state index contributed by atoms with van der Waals surface area (Å²) in [7, 11) is 1.57. The summed E-state index contributed by atoms with van der Waals surface area (Å²) in [6.45, 7) is 0. The van der Waals surface area contributed by atoms with Crippen LogP contribution in [0.2, 0.25) is 0 Å². The molecule has 0 saturated heterocycles. The van der Waals surface area contributed by atoms with Crippen molar-refractivity contribution in [1.29, 1.82) is 0 Å². The third-order valence-electron chi connectivity index (χ3n) is 2.66. The van der Waals surface area contributed by atoms with Crippen LogP contribution in [0.4, 0.5) is 0 Å². The van der Waals surface area contributed by atoms with E-state index < -0.39 is 13.8 Å². The van der Waals surface area contributed by atoms with Crippen LogP contribution in [0.25, 0.3) is 0 Å². The minimum Gasteiger partial charge on any atom is -0.497 e. The third kappa shape index (κ3) is 4.47. The second-order valence-corrected chi connectivity index (χ2v) is 8.87. The van der Waals surface area contributed by atoms with Crippen molar-refractivity contribution < 1.29 is 4.74 Å². The smallest absolute Gasteiger partial charge is 0.247 e. The fraction of sp³-hybridized carbons (Fsp3) is 0.333. The Morgan fingerprint density at radius 3 is 2.05 bits per heavy atom. The molecule has 2 rings (SSSR count). The van der Waals surface area contributed by atoms with Crippen molar-refractivity contribution in [2.24, 2.45) is 9.98 Å². The molecule has 0 radical (unpaired) electrons. The van der Waals surface area contributed by atoms with Crippen LogP contribution in [0.3, 0.4) is 0 Å². The molecule has 0 aromatic heterocycles. The van der Waals surface area contributed by atoms with E-state index in [1.54, 1.807) is 31.4 Å². The summed E-state index contributed by atoms with van der Waals surface area (Å²) in [5.74, 6) is 1.08. The number of methoxy groups -OCH3 is 1. The summed E-state index contributed by atoms with van der Waals surface area (Å²) >= 11 is 35.2. The molecule has 1 unspecified atom stereocenters. The van der Waals surface area contributed by atoms with Gasteiger partial charge in [0.05, 0.1) is 7.11 Å². The lowest BCUT2D eigenvalue weighted by Gasteiger charge is -2.28. The minimum absolute atomic E-state index is 0.0228. The van der Waals surface area contributed by atoms with E-state index in [9.17, 15) is 0 Å². The number of nitrogens with zero attached hydrogens (tertiary/aromatic N) is 2. The standard InChI is InChI=1S/C12H9Cl6N3O/c1-22-7-4-2-6(3-5-7)8-19-9(11(13,14)15)21-10(20-8)12(16,17)18/h2-5,9H,1H3,(H,19,20,21). The number of alkyl halides is 6. The van der Waals surface area contributed by atoms with Crippen molar-refractivity contribution in [2.75, 3.05) is 7.11 Å². The molecule has 0 saturated carbocycles. The van der Waals surface area contributed by atoms with Crippen molar-refractivity contribution in [3.8, 4) is 5.75 Å². The first-order chi connectivity index (χ1) is 10.1. The fourth-order valence-corrected chi connectivity index (χ4v) is 2.22. The predicted molar refractivity (Wildman–Crippen MR) is 94.5 cm³/mol. The first kappa shape index (κ1) is 18.2. The summed E-state index contributed by atoms with van der Waals surface area (Å²) in [6, 6.07) is 7.04. The summed E-state index contributed by atoms with van der Waals surface area (Å²) in [5.41, 5.74) is 0.696. The maximum atomic E-state index is 5.87. The highest BCUT2D eigenvalue weighted by atomic mass is 35.6. The Morgan fingerprint density at radius 1 is 1.00 bits per heavy atom. The van der Waals surface area contributed by atoms with Crippen molar-refractivity contribution in [3.05, 3.63) is 29.8 Å². The molecule has 4 nitrogen and oxygen atoms in total. The maximum absolute atomic E-state index is 5.87. The van der Waals surface area contributed by atoms with Crippen LogP contribution in [0, 0.1) is 0 Å². The molecule has 1 atom stereocenters. The zero-order valence-electron chi connectivity index (χ0n) is 11.0. The minimum atomic E-state index is -1.80. The van der Waals surface area contributed by atoms with Gasteiger partial charge in [-0.25, -0.2) is 9.98 Å². The molecule has 0 aliphatic carbocycles. The number of nitrogens with one attached hydrogen (secondary N) is 1. The van der Waals surface area contributed by atoms with Crippen LogP contribution in [0.15, 0.2) is 34.3 Å². The number of benzene rings is 1. The first-order valence-corrected chi connectivity index (χ1v) is 8.09. The lowest BCUT2D eigenvalue weighted by atomic mass is 10.2. The van der Waals surface area contributed by atoms with Crippen LogP contribution in [-0.2, 0) is 0 Å². The quantitative estimate of drug-likeness (QED) is 0.711. The van der Waals surface area contributed by atoms with Gasteiger partial charge in [-0.15, -0.1) is 0 Å². The molecule has 1 aromatic rings. The Labute approximate surface area is 157 Å². The van der Waals surface area contributed by atoms with Crippen molar-refractivity contribution in [3.63, 3.8) is 0 Å².